The number of nitro benzene ring substituents is 1. The highest BCUT2D eigenvalue weighted by Crippen LogP contribution is 2.24. The molecule has 98 valence electrons. The summed E-state index contributed by atoms with van der Waals surface area (Å²) in [5.74, 6) is -0.383. The predicted molar refractivity (Wildman–Crippen MR) is 73.5 cm³/mol. The Hall–Kier alpha value is -1.14. The molecule has 0 saturated carbocycles. The number of alkyl halides is 1. The molecule has 0 atom stereocenters. The molecule has 0 aliphatic carbocycles. The Morgan fingerprint density at radius 3 is 2.72 bits per heavy atom. The summed E-state index contributed by atoms with van der Waals surface area (Å²) in [6.07, 6.45) is 0. The van der Waals surface area contributed by atoms with E-state index in [0.29, 0.717) is 23.4 Å². The van der Waals surface area contributed by atoms with Crippen LogP contribution in [-0.4, -0.2) is 34.2 Å². The van der Waals surface area contributed by atoms with Crippen LogP contribution in [-0.2, 0) is 0 Å². The molecule has 0 radical (unpaired) electrons. The topological polar surface area (TPSA) is 63.5 Å². The third kappa shape index (κ3) is 3.43. The van der Waals surface area contributed by atoms with Crippen LogP contribution in [0.25, 0.3) is 0 Å². The van der Waals surface area contributed by atoms with Crippen LogP contribution in [0.4, 0.5) is 5.69 Å². The Balaban J connectivity index is 3.17. The molecule has 1 rings (SSSR count). The predicted octanol–water partition coefficient (Wildman–Crippen LogP) is 3.11. The minimum atomic E-state index is -0.578. The van der Waals surface area contributed by atoms with Gasteiger partial charge in [0.1, 0.15) is 5.56 Å². The second kappa shape index (κ2) is 6.70. The zero-order chi connectivity index (χ0) is 13.7. The van der Waals surface area contributed by atoms with Crippen molar-refractivity contribution in [2.24, 2.45) is 0 Å². The molecule has 18 heavy (non-hydrogen) atoms. The number of hydrogen-bond acceptors (Lipinski definition) is 3. The second-order valence-electron chi connectivity index (χ2n) is 3.49. The maximum absolute atomic E-state index is 12.2. The quantitative estimate of drug-likeness (QED) is 0.472. The first-order valence-electron chi connectivity index (χ1n) is 5.30. The van der Waals surface area contributed by atoms with Crippen molar-refractivity contribution in [3.8, 4) is 0 Å². The van der Waals surface area contributed by atoms with Crippen LogP contribution in [0, 0.1) is 10.1 Å². The summed E-state index contributed by atoms with van der Waals surface area (Å²) in [5, 5.41) is 11.8. The first-order valence-corrected chi connectivity index (χ1v) is 6.80. The fourth-order valence-corrected chi connectivity index (χ4v) is 2.11. The van der Waals surface area contributed by atoms with E-state index in [4.69, 9.17) is 11.6 Å². The molecule has 0 aliphatic rings. The molecular formula is C11H12BrClN2O3. The lowest BCUT2D eigenvalue weighted by molar-refractivity contribution is -0.385. The third-order valence-corrected chi connectivity index (χ3v) is 3.00. The normalized spacial score (nSPS) is 10.2. The van der Waals surface area contributed by atoms with Gasteiger partial charge in [0.05, 0.1) is 4.92 Å². The number of benzene rings is 1. The molecule has 0 unspecified atom stereocenters. The van der Waals surface area contributed by atoms with Crippen LogP contribution in [0.1, 0.15) is 17.3 Å². The van der Waals surface area contributed by atoms with E-state index in [1.807, 2.05) is 6.92 Å². The molecular weight excluding hydrogens is 323 g/mol. The zero-order valence-electron chi connectivity index (χ0n) is 9.73. The van der Waals surface area contributed by atoms with E-state index >= 15 is 0 Å². The summed E-state index contributed by atoms with van der Waals surface area (Å²) in [6.45, 7) is 2.78. The van der Waals surface area contributed by atoms with Crippen molar-refractivity contribution < 1.29 is 9.72 Å². The molecule has 0 bridgehead atoms. The highest BCUT2D eigenvalue weighted by molar-refractivity contribution is 9.09. The highest BCUT2D eigenvalue weighted by Gasteiger charge is 2.23. The number of carbonyl (C=O) groups is 1. The Morgan fingerprint density at radius 1 is 1.56 bits per heavy atom. The molecule has 1 aromatic rings. The Bertz CT molecular complexity index is 468. The maximum atomic E-state index is 12.2. The number of nitrogens with zero attached hydrogens (tertiary/aromatic N) is 2. The van der Waals surface area contributed by atoms with Crippen molar-refractivity contribution in [2.75, 3.05) is 18.4 Å². The summed E-state index contributed by atoms with van der Waals surface area (Å²) in [4.78, 5) is 24.0. The van der Waals surface area contributed by atoms with Crippen molar-refractivity contribution in [1.82, 2.24) is 4.90 Å². The summed E-state index contributed by atoms with van der Waals surface area (Å²) in [5.41, 5.74) is -0.201. The highest BCUT2D eigenvalue weighted by atomic mass is 79.9. The monoisotopic (exact) mass is 334 g/mol. The summed E-state index contributed by atoms with van der Waals surface area (Å²) < 4.78 is 0. The lowest BCUT2D eigenvalue weighted by Gasteiger charge is -2.19. The molecule has 7 heteroatoms. The van der Waals surface area contributed by atoms with E-state index in [0.717, 1.165) is 0 Å². The van der Waals surface area contributed by atoms with Crippen molar-refractivity contribution in [2.45, 2.75) is 6.92 Å². The number of carbonyl (C=O) groups excluding carboxylic acids is 1. The van der Waals surface area contributed by atoms with Crippen LogP contribution in [0.2, 0.25) is 5.02 Å². The molecule has 0 aliphatic heterocycles. The number of nitro groups is 1. The minimum absolute atomic E-state index is 0.0234. The van der Waals surface area contributed by atoms with E-state index in [1.54, 1.807) is 0 Å². The van der Waals surface area contributed by atoms with Gasteiger partial charge >= 0.3 is 0 Å². The molecule has 0 aromatic heterocycles. The number of hydrogen-bond donors (Lipinski definition) is 0. The fraction of sp³-hybridized carbons (Fsp3) is 0.364. The van der Waals surface area contributed by atoms with Gasteiger partial charge in [-0.1, -0.05) is 27.5 Å². The van der Waals surface area contributed by atoms with E-state index in [2.05, 4.69) is 15.9 Å². The third-order valence-electron chi connectivity index (χ3n) is 2.41. The lowest BCUT2D eigenvalue weighted by Crippen LogP contribution is -2.32. The Morgan fingerprint density at radius 2 is 2.22 bits per heavy atom. The fourth-order valence-electron chi connectivity index (χ4n) is 1.51. The zero-order valence-corrected chi connectivity index (χ0v) is 12.1. The smallest absolute Gasteiger partial charge is 0.282 e. The minimum Gasteiger partial charge on any atom is -0.338 e. The molecule has 0 N–H and O–H groups in total. The number of halogens is 2. The van der Waals surface area contributed by atoms with Crippen molar-refractivity contribution in [3.05, 3.63) is 38.9 Å². The second-order valence-corrected chi connectivity index (χ2v) is 4.72. The van der Waals surface area contributed by atoms with E-state index in [9.17, 15) is 14.9 Å². The van der Waals surface area contributed by atoms with Crippen LogP contribution < -0.4 is 0 Å². The Labute approximate surface area is 118 Å². The summed E-state index contributed by atoms with van der Waals surface area (Å²) >= 11 is 9.03. The standard InChI is InChI=1S/C11H12BrClN2O3/c1-2-14(6-5-12)11(16)9-7-8(13)3-4-10(9)15(17)18/h3-4,7H,2,5-6H2,1H3. The maximum Gasteiger partial charge on any atom is 0.282 e. The van der Waals surface area contributed by atoms with Gasteiger partial charge in [-0.2, -0.15) is 0 Å². The van der Waals surface area contributed by atoms with Gasteiger partial charge in [-0.3, -0.25) is 14.9 Å². The van der Waals surface area contributed by atoms with Crippen LogP contribution in [0.15, 0.2) is 18.2 Å². The number of rotatable bonds is 5. The van der Waals surface area contributed by atoms with Gasteiger partial charge in [-0.25, -0.2) is 0 Å². The molecule has 1 aromatic carbocycles. The van der Waals surface area contributed by atoms with Gasteiger partial charge in [-0.15, -0.1) is 0 Å². The van der Waals surface area contributed by atoms with Gasteiger partial charge in [0.15, 0.2) is 0 Å². The lowest BCUT2D eigenvalue weighted by atomic mass is 10.1. The van der Waals surface area contributed by atoms with Crippen molar-refractivity contribution in [1.29, 1.82) is 0 Å². The molecule has 0 heterocycles. The van der Waals surface area contributed by atoms with Gasteiger partial charge in [0.25, 0.3) is 11.6 Å². The van der Waals surface area contributed by atoms with Crippen molar-refractivity contribution >= 4 is 39.1 Å². The van der Waals surface area contributed by atoms with Crippen LogP contribution >= 0.6 is 27.5 Å². The average molecular weight is 336 g/mol. The molecule has 0 fully saturated rings. The average Bonchev–Trinajstić information content (AvgIpc) is 2.34. The molecule has 0 saturated heterocycles. The molecule has 0 spiro atoms. The molecule has 5 nitrogen and oxygen atoms in total. The van der Waals surface area contributed by atoms with Gasteiger partial charge in [0, 0.05) is 29.5 Å². The molecule has 1 amide bonds. The van der Waals surface area contributed by atoms with E-state index in [-0.39, 0.29) is 17.2 Å². The summed E-state index contributed by atoms with van der Waals surface area (Å²) in [7, 11) is 0. The first kappa shape index (κ1) is 14.9. The largest absolute Gasteiger partial charge is 0.338 e. The van der Waals surface area contributed by atoms with Crippen LogP contribution in [0.3, 0.4) is 0 Å². The van der Waals surface area contributed by atoms with E-state index in [1.165, 1.54) is 23.1 Å². The first-order chi connectivity index (χ1) is 8.51. The van der Waals surface area contributed by atoms with Crippen molar-refractivity contribution in [3.63, 3.8) is 0 Å². The SMILES string of the molecule is CCN(CCBr)C(=O)c1cc(Cl)ccc1[N+](=O)[O-]. The number of amides is 1. The van der Waals surface area contributed by atoms with Gasteiger partial charge in [0.2, 0.25) is 0 Å². The van der Waals surface area contributed by atoms with Gasteiger partial charge < -0.3 is 4.90 Å². The van der Waals surface area contributed by atoms with E-state index < -0.39 is 4.92 Å². The summed E-state index contributed by atoms with van der Waals surface area (Å²) in [6, 6.07) is 3.98. The van der Waals surface area contributed by atoms with Gasteiger partial charge in [-0.05, 0) is 19.1 Å². The Kier molecular flexibility index (Phi) is 5.55. The van der Waals surface area contributed by atoms with Crippen LogP contribution in [0.5, 0.6) is 0 Å².